The normalized spacial score (nSPS) is 18.5. The number of nitrogens with zero attached hydrogens (tertiary/aromatic N) is 3. The number of hydrogen-bond donors (Lipinski definition) is 1. The van der Waals surface area contributed by atoms with E-state index in [-0.39, 0.29) is 24.7 Å². The molecule has 1 saturated heterocycles. The Morgan fingerprint density at radius 3 is 2.72 bits per heavy atom. The van der Waals surface area contributed by atoms with Crippen molar-refractivity contribution in [3.05, 3.63) is 77.9 Å². The number of carbonyl (C=O) groups excluding carboxylic acids is 1. The first kappa shape index (κ1) is 22.0. The lowest BCUT2D eigenvalue weighted by Crippen LogP contribution is -2.53. The van der Waals surface area contributed by atoms with Gasteiger partial charge in [-0.3, -0.25) is 4.79 Å². The maximum Gasteiger partial charge on any atom is 0.254 e. The van der Waals surface area contributed by atoms with Crippen LogP contribution in [0.3, 0.4) is 0 Å². The van der Waals surface area contributed by atoms with E-state index in [2.05, 4.69) is 4.98 Å². The molecule has 2 atom stereocenters. The van der Waals surface area contributed by atoms with Crippen LogP contribution in [0.5, 0.6) is 5.75 Å². The van der Waals surface area contributed by atoms with Gasteiger partial charge in [-0.15, -0.1) is 0 Å². The molecule has 0 spiro atoms. The monoisotopic (exact) mass is 435 g/mol. The summed E-state index contributed by atoms with van der Waals surface area (Å²) in [5.41, 5.74) is 3.30. The SMILES string of the molecule is COc1cc(C(=O)N2CCCC(OCc3ccccc3)C2CO)ccc1-n1cnc(C)c1. The summed E-state index contributed by atoms with van der Waals surface area (Å²) in [5, 5.41) is 10.1. The summed E-state index contributed by atoms with van der Waals surface area (Å²) >= 11 is 0. The van der Waals surface area contributed by atoms with Crippen LogP contribution in [0.4, 0.5) is 0 Å². The van der Waals surface area contributed by atoms with E-state index in [0.717, 1.165) is 29.8 Å². The Morgan fingerprint density at radius 1 is 1.22 bits per heavy atom. The lowest BCUT2D eigenvalue weighted by atomic mass is 9.97. The Labute approximate surface area is 188 Å². The van der Waals surface area contributed by atoms with Gasteiger partial charge in [0.2, 0.25) is 0 Å². The molecular formula is C25H29N3O4. The van der Waals surface area contributed by atoms with E-state index in [0.29, 0.717) is 24.5 Å². The summed E-state index contributed by atoms with van der Waals surface area (Å²) in [6.07, 6.45) is 5.04. The van der Waals surface area contributed by atoms with Gasteiger partial charge in [0, 0.05) is 18.3 Å². The molecule has 1 aliphatic rings. The van der Waals surface area contributed by atoms with E-state index in [1.165, 1.54) is 0 Å². The average molecular weight is 436 g/mol. The van der Waals surface area contributed by atoms with Crippen molar-refractivity contribution < 1.29 is 19.4 Å². The van der Waals surface area contributed by atoms with Crippen LogP contribution in [0, 0.1) is 6.92 Å². The second-order valence-electron chi connectivity index (χ2n) is 8.03. The van der Waals surface area contributed by atoms with Gasteiger partial charge in [0.25, 0.3) is 5.91 Å². The predicted molar refractivity (Wildman–Crippen MR) is 121 cm³/mol. The van der Waals surface area contributed by atoms with E-state index in [1.807, 2.05) is 54.1 Å². The molecule has 7 nitrogen and oxygen atoms in total. The average Bonchev–Trinajstić information content (AvgIpc) is 3.28. The minimum absolute atomic E-state index is 0.135. The van der Waals surface area contributed by atoms with Crippen LogP contribution >= 0.6 is 0 Å². The third-order valence-electron chi connectivity index (χ3n) is 5.89. The number of aryl methyl sites for hydroxylation is 1. The van der Waals surface area contributed by atoms with E-state index >= 15 is 0 Å². The van der Waals surface area contributed by atoms with Gasteiger partial charge in [0.15, 0.2) is 0 Å². The fourth-order valence-electron chi connectivity index (χ4n) is 4.20. The molecule has 1 N–H and O–H groups in total. The molecule has 7 heteroatoms. The number of carbonyl (C=O) groups is 1. The van der Waals surface area contributed by atoms with Crippen LogP contribution < -0.4 is 4.74 Å². The smallest absolute Gasteiger partial charge is 0.254 e. The van der Waals surface area contributed by atoms with Crippen LogP contribution in [-0.4, -0.2) is 57.9 Å². The Bertz CT molecular complexity index is 1050. The number of amides is 1. The van der Waals surface area contributed by atoms with Crippen molar-refractivity contribution in [3.8, 4) is 11.4 Å². The number of piperidine rings is 1. The molecular weight excluding hydrogens is 406 g/mol. The molecule has 1 aromatic heterocycles. The second-order valence-corrected chi connectivity index (χ2v) is 8.03. The quantitative estimate of drug-likeness (QED) is 0.616. The molecule has 1 aliphatic heterocycles. The molecule has 1 amide bonds. The largest absolute Gasteiger partial charge is 0.495 e. The van der Waals surface area contributed by atoms with E-state index in [4.69, 9.17) is 9.47 Å². The standard InChI is InChI=1S/C25H29N3O4/c1-18-14-27(17-26-18)21-11-10-20(13-24(21)31-2)25(30)28-12-6-9-23(22(28)15-29)32-16-19-7-4-3-5-8-19/h3-5,7-8,10-11,13-14,17,22-23,29H,6,9,12,15-16H2,1-2H3. The van der Waals surface area contributed by atoms with Crippen molar-refractivity contribution in [2.45, 2.75) is 38.5 Å². The highest BCUT2D eigenvalue weighted by Gasteiger charge is 2.35. The van der Waals surface area contributed by atoms with E-state index < -0.39 is 0 Å². The fourth-order valence-corrected chi connectivity index (χ4v) is 4.20. The van der Waals surface area contributed by atoms with Crippen molar-refractivity contribution in [2.75, 3.05) is 20.3 Å². The van der Waals surface area contributed by atoms with Crippen LogP contribution in [0.25, 0.3) is 5.69 Å². The first-order chi connectivity index (χ1) is 15.6. The number of hydrogen-bond acceptors (Lipinski definition) is 5. The summed E-state index contributed by atoms with van der Waals surface area (Å²) in [6.45, 7) is 2.81. The van der Waals surface area contributed by atoms with Crippen molar-refractivity contribution in [3.63, 3.8) is 0 Å². The number of ether oxygens (including phenoxy) is 2. The molecule has 4 rings (SSSR count). The zero-order valence-electron chi connectivity index (χ0n) is 18.5. The predicted octanol–water partition coefficient (Wildman–Crippen LogP) is 3.37. The summed E-state index contributed by atoms with van der Waals surface area (Å²) in [6, 6.07) is 14.9. The van der Waals surface area contributed by atoms with Crippen molar-refractivity contribution in [2.24, 2.45) is 0 Å². The number of aliphatic hydroxyl groups is 1. The van der Waals surface area contributed by atoms with Gasteiger partial charge < -0.3 is 24.0 Å². The number of aliphatic hydroxyl groups excluding tert-OH is 1. The third kappa shape index (κ3) is 4.69. The first-order valence-corrected chi connectivity index (χ1v) is 10.9. The van der Waals surface area contributed by atoms with Gasteiger partial charge in [0.1, 0.15) is 5.75 Å². The number of benzene rings is 2. The Hall–Kier alpha value is -3.16. The van der Waals surface area contributed by atoms with Crippen molar-refractivity contribution in [1.29, 1.82) is 0 Å². The molecule has 0 saturated carbocycles. The molecule has 2 heterocycles. The number of aromatic nitrogens is 2. The Balaban J connectivity index is 1.52. The zero-order valence-corrected chi connectivity index (χ0v) is 18.5. The van der Waals surface area contributed by atoms with Gasteiger partial charge in [-0.1, -0.05) is 30.3 Å². The minimum Gasteiger partial charge on any atom is -0.495 e. The number of imidazole rings is 1. The molecule has 2 aromatic carbocycles. The lowest BCUT2D eigenvalue weighted by Gasteiger charge is -2.40. The van der Waals surface area contributed by atoms with Gasteiger partial charge in [0.05, 0.1) is 50.2 Å². The first-order valence-electron chi connectivity index (χ1n) is 10.9. The van der Waals surface area contributed by atoms with Crippen molar-refractivity contribution in [1.82, 2.24) is 14.5 Å². The number of likely N-dealkylation sites (tertiary alicyclic amines) is 1. The Kier molecular flexibility index (Phi) is 6.87. The van der Waals surface area contributed by atoms with Crippen molar-refractivity contribution >= 4 is 5.91 Å². The highest BCUT2D eigenvalue weighted by atomic mass is 16.5. The number of methoxy groups -OCH3 is 1. The fraction of sp³-hybridized carbons (Fsp3) is 0.360. The van der Waals surface area contributed by atoms with Gasteiger partial charge in [-0.05, 0) is 43.5 Å². The summed E-state index contributed by atoms with van der Waals surface area (Å²) in [7, 11) is 1.59. The summed E-state index contributed by atoms with van der Waals surface area (Å²) in [4.78, 5) is 19.4. The molecule has 0 bridgehead atoms. The van der Waals surface area contributed by atoms with Crippen LogP contribution in [0.2, 0.25) is 0 Å². The summed E-state index contributed by atoms with van der Waals surface area (Å²) in [5.74, 6) is 0.450. The zero-order chi connectivity index (χ0) is 22.5. The molecule has 32 heavy (non-hydrogen) atoms. The molecule has 0 aliphatic carbocycles. The van der Waals surface area contributed by atoms with E-state index in [9.17, 15) is 9.90 Å². The molecule has 168 valence electrons. The molecule has 2 unspecified atom stereocenters. The summed E-state index contributed by atoms with van der Waals surface area (Å²) < 4.78 is 13.5. The van der Waals surface area contributed by atoms with Crippen LogP contribution in [0.1, 0.15) is 34.5 Å². The topological polar surface area (TPSA) is 76.8 Å². The lowest BCUT2D eigenvalue weighted by molar-refractivity contribution is -0.0572. The number of rotatable bonds is 7. The van der Waals surface area contributed by atoms with Crippen LogP contribution in [-0.2, 0) is 11.3 Å². The van der Waals surface area contributed by atoms with E-state index in [1.54, 1.807) is 30.5 Å². The molecule has 1 fully saturated rings. The van der Waals surface area contributed by atoms with Gasteiger partial charge in [-0.2, -0.15) is 0 Å². The molecule has 0 radical (unpaired) electrons. The maximum absolute atomic E-state index is 13.4. The second kappa shape index (κ2) is 9.97. The minimum atomic E-state index is -0.387. The highest BCUT2D eigenvalue weighted by molar-refractivity contribution is 5.95. The Morgan fingerprint density at radius 2 is 2.03 bits per heavy atom. The van der Waals surface area contributed by atoms with Gasteiger partial charge >= 0.3 is 0 Å². The maximum atomic E-state index is 13.4. The molecule has 3 aromatic rings. The third-order valence-corrected chi connectivity index (χ3v) is 5.89. The highest BCUT2D eigenvalue weighted by Crippen LogP contribution is 2.28. The van der Waals surface area contributed by atoms with Gasteiger partial charge in [-0.25, -0.2) is 4.98 Å². The van der Waals surface area contributed by atoms with Crippen LogP contribution in [0.15, 0.2) is 61.1 Å².